The highest BCUT2D eigenvalue weighted by atomic mass is 35.5. The number of hydrogen-bond acceptors (Lipinski definition) is 3. The van der Waals surface area contributed by atoms with E-state index in [4.69, 9.17) is 11.6 Å². The van der Waals surface area contributed by atoms with Crippen LogP contribution < -0.4 is 5.32 Å². The first-order chi connectivity index (χ1) is 9.08. The Labute approximate surface area is 120 Å². The number of halogens is 1. The molecule has 0 aromatic heterocycles. The summed E-state index contributed by atoms with van der Waals surface area (Å²) in [6.45, 7) is 9.42. The molecule has 2 N–H and O–H groups in total. The number of rotatable bonds is 4. The summed E-state index contributed by atoms with van der Waals surface area (Å²) in [7, 11) is 0. The summed E-state index contributed by atoms with van der Waals surface area (Å²) >= 11 is 6.28. The molecule has 4 heteroatoms. The van der Waals surface area contributed by atoms with Gasteiger partial charge in [0, 0.05) is 37.7 Å². The van der Waals surface area contributed by atoms with E-state index in [2.05, 4.69) is 24.1 Å². The van der Waals surface area contributed by atoms with Crippen molar-refractivity contribution in [1.29, 1.82) is 0 Å². The fraction of sp³-hybridized carbons (Fsp3) is 0.600. The van der Waals surface area contributed by atoms with Crippen LogP contribution in [0, 0.1) is 0 Å². The fourth-order valence-electron chi connectivity index (χ4n) is 2.48. The quantitative estimate of drug-likeness (QED) is 0.891. The van der Waals surface area contributed by atoms with E-state index < -0.39 is 0 Å². The van der Waals surface area contributed by atoms with Crippen molar-refractivity contribution in [1.82, 2.24) is 10.2 Å². The number of benzene rings is 1. The molecule has 1 fully saturated rings. The summed E-state index contributed by atoms with van der Waals surface area (Å²) < 4.78 is 0. The maximum absolute atomic E-state index is 10.1. The lowest BCUT2D eigenvalue weighted by atomic mass is 9.99. The fourth-order valence-corrected chi connectivity index (χ4v) is 2.88. The van der Waals surface area contributed by atoms with Crippen molar-refractivity contribution >= 4 is 11.6 Å². The number of piperazine rings is 1. The summed E-state index contributed by atoms with van der Waals surface area (Å²) in [5, 5.41) is 14.2. The minimum Gasteiger partial charge on any atom is -0.508 e. The average molecular weight is 283 g/mol. The maximum atomic E-state index is 10.1. The standard InChI is InChI=1S/C15H23ClN2O/c1-11(2)13-10-15(19)12(9-14(13)16)3-6-18-7-4-17-5-8-18/h9-11,17,19H,3-8H2,1-2H3. The predicted molar refractivity (Wildman–Crippen MR) is 80.2 cm³/mol. The van der Waals surface area contributed by atoms with Crippen molar-refractivity contribution in [2.24, 2.45) is 0 Å². The Morgan fingerprint density at radius 3 is 2.63 bits per heavy atom. The summed E-state index contributed by atoms with van der Waals surface area (Å²) in [6.07, 6.45) is 0.851. The number of nitrogens with zero attached hydrogens (tertiary/aromatic N) is 1. The van der Waals surface area contributed by atoms with Crippen LogP contribution in [0.25, 0.3) is 0 Å². The highest BCUT2D eigenvalue weighted by Gasteiger charge is 2.13. The molecule has 3 nitrogen and oxygen atoms in total. The lowest BCUT2D eigenvalue weighted by Crippen LogP contribution is -2.44. The normalized spacial score (nSPS) is 17.1. The van der Waals surface area contributed by atoms with Crippen molar-refractivity contribution < 1.29 is 5.11 Å². The molecule has 0 bridgehead atoms. The van der Waals surface area contributed by atoms with E-state index in [1.807, 2.05) is 12.1 Å². The Morgan fingerprint density at radius 2 is 2.00 bits per heavy atom. The van der Waals surface area contributed by atoms with Crippen LogP contribution >= 0.6 is 11.6 Å². The molecule has 1 heterocycles. The minimum absolute atomic E-state index is 0.334. The molecule has 0 spiro atoms. The van der Waals surface area contributed by atoms with Gasteiger partial charge in [-0.1, -0.05) is 25.4 Å². The summed E-state index contributed by atoms with van der Waals surface area (Å²) in [4.78, 5) is 2.42. The summed E-state index contributed by atoms with van der Waals surface area (Å²) in [5.41, 5.74) is 1.97. The van der Waals surface area contributed by atoms with Crippen molar-refractivity contribution in [2.45, 2.75) is 26.2 Å². The number of aromatic hydroxyl groups is 1. The Bertz CT molecular complexity index is 428. The van der Waals surface area contributed by atoms with Gasteiger partial charge in [0.1, 0.15) is 5.75 Å². The van der Waals surface area contributed by atoms with Crippen molar-refractivity contribution in [3.05, 3.63) is 28.3 Å². The Morgan fingerprint density at radius 1 is 1.32 bits per heavy atom. The largest absolute Gasteiger partial charge is 0.508 e. The second kappa shape index (κ2) is 6.60. The van der Waals surface area contributed by atoms with Gasteiger partial charge in [-0.25, -0.2) is 0 Å². The molecular weight excluding hydrogens is 260 g/mol. The molecule has 0 unspecified atom stereocenters. The van der Waals surface area contributed by atoms with E-state index in [9.17, 15) is 5.11 Å². The van der Waals surface area contributed by atoms with E-state index in [-0.39, 0.29) is 0 Å². The van der Waals surface area contributed by atoms with E-state index in [0.717, 1.165) is 55.3 Å². The molecule has 0 saturated carbocycles. The van der Waals surface area contributed by atoms with E-state index >= 15 is 0 Å². The van der Waals surface area contributed by atoms with Gasteiger partial charge in [0.2, 0.25) is 0 Å². The van der Waals surface area contributed by atoms with Crippen LogP contribution in [-0.2, 0) is 6.42 Å². The zero-order chi connectivity index (χ0) is 13.8. The van der Waals surface area contributed by atoms with Crippen molar-refractivity contribution in [2.75, 3.05) is 32.7 Å². The first-order valence-electron chi connectivity index (χ1n) is 7.02. The molecule has 106 valence electrons. The molecule has 1 aromatic carbocycles. The zero-order valence-corrected chi connectivity index (χ0v) is 12.5. The molecule has 0 aliphatic carbocycles. The molecule has 1 aromatic rings. The molecule has 19 heavy (non-hydrogen) atoms. The first-order valence-corrected chi connectivity index (χ1v) is 7.40. The topological polar surface area (TPSA) is 35.5 Å². The van der Waals surface area contributed by atoms with Gasteiger partial charge in [0.15, 0.2) is 0 Å². The van der Waals surface area contributed by atoms with Gasteiger partial charge in [-0.3, -0.25) is 0 Å². The van der Waals surface area contributed by atoms with Crippen molar-refractivity contribution in [3.63, 3.8) is 0 Å². The third-order valence-electron chi connectivity index (χ3n) is 3.73. The van der Waals surface area contributed by atoms with Crippen LogP contribution in [0.3, 0.4) is 0 Å². The van der Waals surface area contributed by atoms with E-state index in [1.165, 1.54) is 0 Å². The highest BCUT2D eigenvalue weighted by molar-refractivity contribution is 6.31. The van der Waals surface area contributed by atoms with Crippen molar-refractivity contribution in [3.8, 4) is 5.75 Å². The maximum Gasteiger partial charge on any atom is 0.119 e. The number of phenols is 1. The van der Waals surface area contributed by atoms with Crippen LogP contribution in [0.4, 0.5) is 0 Å². The van der Waals surface area contributed by atoms with Gasteiger partial charge in [-0.05, 0) is 35.6 Å². The summed E-state index contributed by atoms with van der Waals surface area (Å²) in [5.74, 6) is 0.712. The lowest BCUT2D eigenvalue weighted by molar-refractivity contribution is 0.243. The van der Waals surface area contributed by atoms with Gasteiger partial charge in [-0.15, -0.1) is 0 Å². The van der Waals surface area contributed by atoms with Gasteiger partial charge in [0.05, 0.1) is 0 Å². The molecule has 1 saturated heterocycles. The average Bonchev–Trinajstić information content (AvgIpc) is 2.40. The van der Waals surface area contributed by atoms with Gasteiger partial charge in [-0.2, -0.15) is 0 Å². The third kappa shape index (κ3) is 3.85. The predicted octanol–water partition coefficient (Wildman–Crippen LogP) is 2.62. The monoisotopic (exact) mass is 282 g/mol. The smallest absolute Gasteiger partial charge is 0.119 e. The Kier molecular flexibility index (Phi) is 5.08. The van der Waals surface area contributed by atoms with Crippen LogP contribution in [0.5, 0.6) is 5.75 Å². The van der Waals surface area contributed by atoms with Crippen LogP contribution in [0.15, 0.2) is 12.1 Å². The first kappa shape index (κ1) is 14.6. The number of nitrogens with one attached hydrogen (secondary N) is 1. The zero-order valence-electron chi connectivity index (χ0n) is 11.7. The number of hydrogen-bond donors (Lipinski definition) is 2. The third-order valence-corrected chi connectivity index (χ3v) is 4.05. The van der Waals surface area contributed by atoms with Gasteiger partial charge >= 0.3 is 0 Å². The molecule has 0 atom stereocenters. The highest BCUT2D eigenvalue weighted by Crippen LogP contribution is 2.31. The minimum atomic E-state index is 0.334. The molecule has 0 radical (unpaired) electrons. The van der Waals surface area contributed by atoms with Gasteiger partial charge in [0.25, 0.3) is 0 Å². The molecular formula is C15H23ClN2O. The molecule has 2 rings (SSSR count). The molecule has 1 aliphatic rings. The van der Waals surface area contributed by atoms with E-state index in [0.29, 0.717) is 11.7 Å². The Balaban J connectivity index is 2.02. The summed E-state index contributed by atoms with van der Waals surface area (Å²) in [6, 6.07) is 3.74. The molecule has 1 aliphatic heterocycles. The van der Waals surface area contributed by atoms with Crippen LogP contribution in [-0.4, -0.2) is 42.7 Å². The van der Waals surface area contributed by atoms with Crippen LogP contribution in [0.2, 0.25) is 5.02 Å². The van der Waals surface area contributed by atoms with Crippen LogP contribution in [0.1, 0.15) is 30.9 Å². The van der Waals surface area contributed by atoms with E-state index in [1.54, 1.807) is 0 Å². The lowest BCUT2D eigenvalue weighted by Gasteiger charge is -2.27. The second-order valence-electron chi connectivity index (χ2n) is 5.50. The number of phenolic OH excluding ortho intramolecular Hbond substituents is 1. The second-order valence-corrected chi connectivity index (χ2v) is 5.91. The van der Waals surface area contributed by atoms with Gasteiger partial charge < -0.3 is 15.3 Å². The Hall–Kier alpha value is -0.770. The molecule has 0 amide bonds. The SMILES string of the molecule is CC(C)c1cc(O)c(CCN2CCNCC2)cc1Cl.